The fourth-order valence-electron chi connectivity index (χ4n) is 4.79. The molecule has 0 spiro atoms. The van der Waals surface area contributed by atoms with Crippen LogP contribution in [0, 0.1) is 17.3 Å². The molecule has 1 aromatic rings. The molecule has 5 heteroatoms. The predicted octanol–water partition coefficient (Wildman–Crippen LogP) is 2.71. The molecule has 3 rings (SSSR count). The lowest BCUT2D eigenvalue weighted by Crippen LogP contribution is -2.62. The van der Waals surface area contributed by atoms with Crippen LogP contribution in [0.3, 0.4) is 0 Å². The van der Waals surface area contributed by atoms with Crippen molar-refractivity contribution in [3.8, 4) is 0 Å². The zero-order chi connectivity index (χ0) is 18.2. The van der Waals surface area contributed by atoms with E-state index >= 15 is 0 Å². The Hall–Kier alpha value is -1.75. The lowest BCUT2D eigenvalue weighted by molar-refractivity contribution is -0.154. The van der Waals surface area contributed by atoms with Crippen LogP contribution in [0.4, 0.5) is 0 Å². The van der Waals surface area contributed by atoms with Gasteiger partial charge in [-0.25, -0.2) is 0 Å². The number of aromatic nitrogens is 1. The number of ketones is 1. The van der Waals surface area contributed by atoms with Crippen molar-refractivity contribution in [1.29, 1.82) is 0 Å². The first-order chi connectivity index (χ1) is 11.8. The van der Waals surface area contributed by atoms with Gasteiger partial charge in [0.2, 0.25) is 0 Å². The number of hydrogen-bond acceptors (Lipinski definition) is 5. The average molecular weight is 344 g/mol. The minimum absolute atomic E-state index is 0.00940. The van der Waals surface area contributed by atoms with Crippen LogP contribution >= 0.6 is 0 Å². The molecule has 1 saturated heterocycles. The van der Waals surface area contributed by atoms with Crippen molar-refractivity contribution in [2.75, 3.05) is 6.61 Å². The van der Waals surface area contributed by atoms with E-state index in [1.54, 1.807) is 12.4 Å². The SMILES string of the molecule is CCOC(=O)C1C(C)NC2CC(C)(C)CC(=O)C2C1c1ccncc1. The molecular weight excluding hydrogens is 316 g/mol. The van der Waals surface area contributed by atoms with E-state index in [9.17, 15) is 9.59 Å². The van der Waals surface area contributed by atoms with Crippen LogP contribution in [-0.4, -0.2) is 35.4 Å². The lowest BCUT2D eigenvalue weighted by atomic mass is 9.59. The van der Waals surface area contributed by atoms with Gasteiger partial charge >= 0.3 is 5.97 Å². The maximum absolute atomic E-state index is 13.1. The Bertz CT molecular complexity index is 644. The molecule has 0 bridgehead atoms. The number of ether oxygens (including phenoxy) is 1. The molecule has 5 unspecified atom stereocenters. The number of esters is 1. The Morgan fingerprint density at radius 2 is 2.00 bits per heavy atom. The Labute approximate surface area is 149 Å². The quantitative estimate of drug-likeness (QED) is 0.854. The van der Waals surface area contributed by atoms with Gasteiger partial charge in [0, 0.05) is 42.7 Å². The summed E-state index contributed by atoms with van der Waals surface area (Å²) in [4.78, 5) is 29.9. The van der Waals surface area contributed by atoms with Crippen LogP contribution in [0.5, 0.6) is 0 Å². The van der Waals surface area contributed by atoms with Gasteiger partial charge < -0.3 is 10.1 Å². The molecular formula is C20H28N2O3. The van der Waals surface area contributed by atoms with Gasteiger partial charge in [-0.05, 0) is 43.4 Å². The number of Topliss-reactive ketones (excluding diaryl/α,β-unsaturated/α-hetero) is 1. The number of hydrogen-bond donors (Lipinski definition) is 1. The van der Waals surface area contributed by atoms with Crippen molar-refractivity contribution in [2.24, 2.45) is 17.3 Å². The standard InChI is InChI=1S/C20H28N2O3/c1-5-25-19(24)16-12(2)22-14-10-20(3,4)11-15(23)18(14)17(16)13-6-8-21-9-7-13/h6-9,12,14,16-18,22H,5,10-11H2,1-4H3. The number of carbonyl (C=O) groups excluding carboxylic acids is 2. The highest BCUT2D eigenvalue weighted by molar-refractivity contribution is 5.86. The van der Waals surface area contributed by atoms with Gasteiger partial charge in [0.25, 0.3) is 0 Å². The van der Waals surface area contributed by atoms with Crippen molar-refractivity contribution >= 4 is 11.8 Å². The summed E-state index contributed by atoms with van der Waals surface area (Å²) in [6.45, 7) is 8.48. The summed E-state index contributed by atoms with van der Waals surface area (Å²) < 4.78 is 5.35. The summed E-state index contributed by atoms with van der Waals surface area (Å²) in [5.74, 6) is -0.696. The van der Waals surface area contributed by atoms with Gasteiger partial charge in [-0.15, -0.1) is 0 Å². The first-order valence-electron chi connectivity index (χ1n) is 9.19. The molecule has 136 valence electrons. The van der Waals surface area contributed by atoms with E-state index in [1.165, 1.54) is 0 Å². The molecule has 0 aromatic carbocycles. The number of fused-ring (bicyclic) bond motifs is 1. The molecule has 25 heavy (non-hydrogen) atoms. The zero-order valence-electron chi connectivity index (χ0n) is 15.5. The van der Waals surface area contributed by atoms with Crippen LogP contribution in [0.15, 0.2) is 24.5 Å². The smallest absolute Gasteiger partial charge is 0.311 e. The number of piperidine rings is 1. The molecule has 2 aliphatic rings. The molecule has 1 saturated carbocycles. The minimum Gasteiger partial charge on any atom is -0.466 e. The van der Waals surface area contributed by atoms with Crippen molar-refractivity contribution in [2.45, 2.75) is 58.5 Å². The molecule has 1 aliphatic carbocycles. The van der Waals surface area contributed by atoms with Gasteiger partial charge in [0.05, 0.1) is 12.5 Å². The number of nitrogens with one attached hydrogen (secondary N) is 1. The third-order valence-electron chi connectivity index (χ3n) is 5.67. The third kappa shape index (κ3) is 3.47. The van der Waals surface area contributed by atoms with E-state index in [1.807, 2.05) is 26.0 Å². The van der Waals surface area contributed by atoms with E-state index in [2.05, 4.69) is 24.1 Å². The van der Waals surface area contributed by atoms with Gasteiger partial charge in [0.1, 0.15) is 5.78 Å². The molecule has 1 N–H and O–H groups in total. The first-order valence-corrected chi connectivity index (χ1v) is 9.19. The highest BCUT2D eigenvalue weighted by atomic mass is 16.5. The van der Waals surface area contributed by atoms with Crippen LogP contribution in [0.1, 0.15) is 52.0 Å². The third-order valence-corrected chi connectivity index (χ3v) is 5.67. The molecule has 0 radical (unpaired) electrons. The highest BCUT2D eigenvalue weighted by Crippen LogP contribution is 2.48. The summed E-state index contributed by atoms with van der Waals surface area (Å²) in [6.07, 6.45) is 4.96. The Balaban J connectivity index is 2.03. The second kappa shape index (κ2) is 6.87. The first kappa shape index (κ1) is 18.1. The van der Waals surface area contributed by atoms with Gasteiger partial charge in [0.15, 0.2) is 0 Å². The normalized spacial score (nSPS) is 34.2. The van der Waals surface area contributed by atoms with Crippen molar-refractivity contribution in [1.82, 2.24) is 10.3 Å². The molecule has 5 nitrogen and oxygen atoms in total. The van der Waals surface area contributed by atoms with E-state index < -0.39 is 0 Å². The van der Waals surface area contributed by atoms with Crippen molar-refractivity contribution in [3.63, 3.8) is 0 Å². The van der Waals surface area contributed by atoms with Crippen molar-refractivity contribution < 1.29 is 14.3 Å². The van der Waals surface area contributed by atoms with Gasteiger partial charge in [-0.1, -0.05) is 13.8 Å². The van der Waals surface area contributed by atoms with Crippen LogP contribution in [-0.2, 0) is 14.3 Å². The van der Waals surface area contributed by atoms with E-state index in [4.69, 9.17) is 4.74 Å². The summed E-state index contributed by atoms with van der Waals surface area (Å²) in [5, 5.41) is 3.56. The lowest BCUT2D eigenvalue weighted by Gasteiger charge is -2.51. The maximum atomic E-state index is 13.1. The number of nitrogens with zero attached hydrogens (tertiary/aromatic N) is 1. The maximum Gasteiger partial charge on any atom is 0.311 e. The topological polar surface area (TPSA) is 68.3 Å². The van der Waals surface area contributed by atoms with Crippen LogP contribution in [0.25, 0.3) is 0 Å². The fraction of sp³-hybridized carbons (Fsp3) is 0.650. The highest BCUT2D eigenvalue weighted by Gasteiger charge is 2.53. The second-order valence-corrected chi connectivity index (χ2v) is 8.18. The van der Waals surface area contributed by atoms with E-state index in [0.29, 0.717) is 13.0 Å². The van der Waals surface area contributed by atoms with Crippen LogP contribution < -0.4 is 5.32 Å². The summed E-state index contributed by atoms with van der Waals surface area (Å²) in [7, 11) is 0. The van der Waals surface area contributed by atoms with Gasteiger partial charge in [-0.2, -0.15) is 0 Å². The molecule has 1 aromatic heterocycles. The van der Waals surface area contributed by atoms with Crippen molar-refractivity contribution in [3.05, 3.63) is 30.1 Å². The second-order valence-electron chi connectivity index (χ2n) is 8.18. The molecule has 0 amide bonds. The van der Waals surface area contributed by atoms with Crippen LogP contribution in [0.2, 0.25) is 0 Å². The number of rotatable bonds is 3. The molecule has 5 atom stereocenters. The molecule has 2 fully saturated rings. The fourth-order valence-corrected chi connectivity index (χ4v) is 4.79. The Kier molecular flexibility index (Phi) is 4.96. The largest absolute Gasteiger partial charge is 0.466 e. The van der Waals surface area contributed by atoms with E-state index in [-0.39, 0.29) is 47.0 Å². The monoisotopic (exact) mass is 344 g/mol. The number of pyridine rings is 1. The minimum atomic E-state index is -0.367. The summed E-state index contributed by atoms with van der Waals surface area (Å²) >= 11 is 0. The number of carbonyl (C=O) groups is 2. The summed E-state index contributed by atoms with van der Waals surface area (Å²) in [6, 6.07) is 3.91. The van der Waals surface area contributed by atoms with Gasteiger partial charge in [-0.3, -0.25) is 14.6 Å². The van der Waals surface area contributed by atoms with E-state index in [0.717, 1.165) is 12.0 Å². The predicted molar refractivity (Wildman–Crippen MR) is 95.0 cm³/mol. The average Bonchev–Trinajstić information content (AvgIpc) is 2.53. The zero-order valence-corrected chi connectivity index (χ0v) is 15.5. The molecule has 2 heterocycles. The summed E-state index contributed by atoms with van der Waals surface area (Å²) in [5.41, 5.74) is 0.995. The molecule has 1 aliphatic heterocycles. The Morgan fingerprint density at radius 3 is 2.64 bits per heavy atom. The Morgan fingerprint density at radius 1 is 1.32 bits per heavy atom.